The maximum Gasteiger partial charge on any atom is 0.248 e. The second-order valence-electron chi connectivity index (χ2n) is 7.27. The third-order valence-corrected chi connectivity index (χ3v) is 5.48. The highest BCUT2D eigenvalue weighted by molar-refractivity contribution is 5.83. The summed E-state index contributed by atoms with van der Waals surface area (Å²) in [6.45, 7) is 4.45. The standard InChI is InChI=1S/C23H25N5O/c1-3-16(4-2)23(28-15-24-14-25-28)17-5-8-19(9-6-17)26-20-10-11-21-18(13-20)7-12-22(29)27-21/h5-16,23,26H,3-4H2,1-2H3,(H,27,29). The number of hydrogen-bond acceptors (Lipinski definition) is 4. The molecule has 0 aliphatic rings. The van der Waals surface area contributed by atoms with E-state index < -0.39 is 0 Å². The van der Waals surface area contributed by atoms with E-state index in [4.69, 9.17) is 0 Å². The lowest BCUT2D eigenvalue weighted by Gasteiger charge is -2.26. The van der Waals surface area contributed by atoms with Gasteiger partial charge in [-0.15, -0.1) is 0 Å². The molecule has 2 aromatic carbocycles. The highest BCUT2D eigenvalue weighted by atomic mass is 16.1. The molecule has 0 fully saturated rings. The van der Waals surface area contributed by atoms with Crippen LogP contribution in [-0.4, -0.2) is 19.7 Å². The van der Waals surface area contributed by atoms with E-state index in [-0.39, 0.29) is 11.6 Å². The first-order chi connectivity index (χ1) is 14.2. The molecule has 1 unspecified atom stereocenters. The Morgan fingerprint density at radius 1 is 1.00 bits per heavy atom. The van der Waals surface area contributed by atoms with Gasteiger partial charge < -0.3 is 10.3 Å². The van der Waals surface area contributed by atoms with Gasteiger partial charge in [-0.05, 0) is 47.9 Å². The summed E-state index contributed by atoms with van der Waals surface area (Å²) in [5, 5.41) is 8.83. The molecule has 0 spiro atoms. The van der Waals surface area contributed by atoms with Gasteiger partial charge in [0.2, 0.25) is 5.56 Å². The molecular formula is C23H25N5O. The molecule has 0 saturated carbocycles. The fourth-order valence-electron chi connectivity index (χ4n) is 3.90. The van der Waals surface area contributed by atoms with Crippen LogP contribution in [0.25, 0.3) is 10.9 Å². The number of nitrogens with zero attached hydrogens (tertiary/aromatic N) is 3. The minimum absolute atomic E-state index is 0.0896. The van der Waals surface area contributed by atoms with Crippen molar-refractivity contribution in [3.63, 3.8) is 0 Å². The molecule has 0 amide bonds. The third kappa shape index (κ3) is 4.06. The Labute approximate surface area is 169 Å². The number of nitrogens with one attached hydrogen (secondary N) is 2. The lowest BCUT2D eigenvalue weighted by atomic mass is 9.89. The molecule has 4 aromatic rings. The summed E-state index contributed by atoms with van der Waals surface area (Å²) < 4.78 is 1.96. The zero-order valence-corrected chi connectivity index (χ0v) is 16.7. The first-order valence-corrected chi connectivity index (χ1v) is 10.0. The first kappa shape index (κ1) is 18.9. The summed E-state index contributed by atoms with van der Waals surface area (Å²) in [6.07, 6.45) is 5.56. The van der Waals surface area contributed by atoms with Crippen LogP contribution in [0.1, 0.15) is 38.3 Å². The van der Waals surface area contributed by atoms with Crippen LogP contribution in [0.2, 0.25) is 0 Å². The van der Waals surface area contributed by atoms with Gasteiger partial charge in [-0.25, -0.2) is 9.67 Å². The van der Waals surface area contributed by atoms with Gasteiger partial charge >= 0.3 is 0 Å². The van der Waals surface area contributed by atoms with Gasteiger partial charge in [0.25, 0.3) is 0 Å². The zero-order chi connectivity index (χ0) is 20.2. The first-order valence-electron chi connectivity index (χ1n) is 10.0. The minimum atomic E-state index is -0.0896. The molecule has 2 aromatic heterocycles. The van der Waals surface area contributed by atoms with Crippen LogP contribution >= 0.6 is 0 Å². The molecule has 148 valence electrons. The third-order valence-electron chi connectivity index (χ3n) is 5.48. The van der Waals surface area contributed by atoms with E-state index in [9.17, 15) is 4.79 Å². The van der Waals surface area contributed by atoms with Crippen LogP contribution in [-0.2, 0) is 0 Å². The molecule has 0 bridgehead atoms. The van der Waals surface area contributed by atoms with E-state index in [1.54, 1.807) is 18.7 Å². The van der Waals surface area contributed by atoms with Gasteiger partial charge in [0.1, 0.15) is 12.7 Å². The predicted octanol–water partition coefficient (Wildman–Crippen LogP) is 4.89. The van der Waals surface area contributed by atoms with Crippen molar-refractivity contribution in [2.75, 3.05) is 5.32 Å². The molecule has 6 heteroatoms. The number of fused-ring (bicyclic) bond motifs is 1. The maximum absolute atomic E-state index is 11.4. The van der Waals surface area contributed by atoms with Gasteiger partial charge in [0, 0.05) is 28.3 Å². The quantitative estimate of drug-likeness (QED) is 0.473. The average molecular weight is 387 g/mol. The van der Waals surface area contributed by atoms with Crippen LogP contribution in [0, 0.1) is 5.92 Å². The van der Waals surface area contributed by atoms with E-state index in [2.05, 4.69) is 58.5 Å². The van der Waals surface area contributed by atoms with E-state index in [1.807, 2.05) is 28.9 Å². The number of rotatable bonds is 7. The zero-order valence-electron chi connectivity index (χ0n) is 16.7. The van der Waals surface area contributed by atoms with Crippen LogP contribution in [0.3, 0.4) is 0 Å². The monoisotopic (exact) mass is 387 g/mol. The van der Waals surface area contributed by atoms with E-state index >= 15 is 0 Å². The number of aromatic amines is 1. The smallest absolute Gasteiger partial charge is 0.248 e. The molecule has 2 N–H and O–H groups in total. The van der Waals surface area contributed by atoms with Crippen molar-refractivity contribution in [3.8, 4) is 0 Å². The summed E-state index contributed by atoms with van der Waals surface area (Å²) in [6, 6.07) is 18.0. The Balaban J connectivity index is 1.58. The Bertz CT molecular complexity index is 1130. The molecule has 2 heterocycles. The Morgan fingerprint density at radius 2 is 1.76 bits per heavy atom. The maximum atomic E-state index is 11.4. The highest BCUT2D eigenvalue weighted by Gasteiger charge is 2.23. The Morgan fingerprint density at radius 3 is 2.45 bits per heavy atom. The number of pyridine rings is 1. The van der Waals surface area contributed by atoms with Gasteiger partial charge in [-0.3, -0.25) is 4.79 Å². The normalized spacial score (nSPS) is 12.4. The SMILES string of the molecule is CCC(CC)C(c1ccc(Nc2ccc3[nH]c(=O)ccc3c2)cc1)n1cncn1. The topological polar surface area (TPSA) is 75.6 Å². The fourth-order valence-corrected chi connectivity index (χ4v) is 3.90. The van der Waals surface area contributed by atoms with Gasteiger partial charge in [0.15, 0.2) is 0 Å². The molecule has 0 aliphatic carbocycles. The minimum Gasteiger partial charge on any atom is -0.356 e. The van der Waals surface area contributed by atoms with Crippen LogP contribution < -0.4 is 10.9 Å². The predicted molar refractivity (Wildman–Crippen MR) is 117 cm³/mol. The molecular weight excluding hydrogens is 362 g/mol. The number of hydrogen-bond donors (Lipinski definition) is 2. The van der Waals surface area contributed by atoms with Crippen molar-refractivity contribution in [2.24, 2.45) is 5.92 Å². The van der Waals surface area contributed by atoms with Gasteiger partial charge in [-0.1, -0.05) is 38.8 Å². The average Bonchev–Trinajstić information content (AvgIpc) is 3.27. The molecule has 4 rings (SSSR count). The van der Waals surface area contributed by atoms with Gasteiger partial charge in [-0.2, -0.15) is 5.10 Å². The second-order valence-corrected chi connectivity index (χ2v) is 7.27. The molecule has 0 radical (unpaired) electrons. The summed E-state index contributed by atoms with van der Waals surface area (Å²) in [7, 11) is 0. The lowest BCUT2D eigenvalue weighted by Crippen LogP contribution is -2.20. The van der Waals surface area contributed by atoms with Crippen molar-refractivity contribution in [1.29, 1.82) is 0 Å². The van der Waals surface area contributed by atoms with Crippen molar-refractivity contribution >= 4 is 22.3 Å². The van der Waals surface area contributed by atoms with Crippen molar-refractivity contribution in [1.82, 2.24) is 19.7 Å². The summed E-state index contributed by atoms with van der Waals surface area (Å²) in [5.74, 6) is 0.498. The van der Waals surface area contributed by atoms with Crippen molar-refractivity contribution in [3.05, 3.63) is 83.2 Å². The molecule has 1 atom stereocenters. The van der Waals surface area contributed by atoms with E-state index in [1.165, 1.54) is 5.56 Å². The van der Waals surface area contributed by atoms with Crippen molar-refractivity contribution in [2.45, 2.75) is 32.7 Å². The number of anilines is 2. The number of benzene rings is 2. The number of aromatic nitrogens is 4. The Kier molecular flexibility index (Phi) is 5.42. The van der Waals surface area contributed by atoms with Gasteiger partial charge in [0.05, 0.1) is 6.04 Å². The lowest BCUT2D eigenvalue weighted by molar-refractivity contribution is 0.332. The molecule has 0 aliphatic heterocycles. The summed E-state index contributed by atoms with van der Waals surface area (Å²) in [5.41, 5.74) is 3.96. The summed E-state index contributed by atoms with van der Waals surface area (Å²) in [4.78, 5) is 18.4. The number of H-pyrrole nitrogens is 1. The van der Waals surface area contributed by atoms with Crippen LogP contribution in [0.5, 0.6) is 0 Å². The highest BCUT2D eigenvalue weighted by Crippen LogP contribution is 2.31. The van der Waals surface area contributed by atoms with Crippen molar-refractivity contribution < 1.29 is 0 Å². The molecule has 29 heavy (non-hydrogen) atoms. The Hall–Kier alpha value is -3.41. The van der Waals surface area contributed by atoms with Crippen LogP contribution in [0.15, 0.2) is 72.0 Å². The fraction of sp³-hybridized carbons (Fsp3) is 0.261. The second kappa shape index (κ2) is 8.31. The summed E-state index contributed by atoms with van der Waals surface area (Å²) >= 11 is 0. The molecule has 0 saturated heterocycles. The van der Waals surface area contributed by atoms with E-state index in [0.29, 0.717) is 5.92 Å². The van der Waals surface area contributed by atoms with E-state index in [0.717, 1.165) is 35.1 Å². The van der Waals surface area contributed by atoms with Crippen LogP contribution in [0.4, 0.5) is 11.4 Å². The molecule has 6 nitrogen and oxygen atoms in total. The largest absolute Gasteiger partial charge is 0.356 e.